The average molecular weight is 324 g/mol. The molecule has 2 unspecified atom stereocenters. The highest BCUT2D eigenvalue weighted by atomic mass is 16.3. The van der Waals surface area contributed by atoms with Gasteiger partial charge in [0.2, 0.25) is 0 Å². The number of imidazole rings is 1. The second-order valence-electron chi connectivity index (χ2n) is 5.77. The van der Waals surface area contributed by atoms with Crippen LogP contribution in [0.5, 0.6) is 0 Å². The van der Waals surface area contributed by atoms with Gasteiger partial charge in [-0.15, -0.1) is 0 Å². The average Bonchev–Trinajstić information content (AvgIpc) is 2.91. The standard InChI is InChI=1S/C15H24N4O4/c1-4-6-18-13-12(14(22)19(7-5-2)15(18)23)17(9-16-13)8-11(21)10(3)20/h9-11,20-21H,4-8H2,1-3H3. The van der Waals surface area contributed by atoms with Crippen LogP contribution < -0.4 is 11.2 Å². The SMILES string of the molecule is CCCn1c(=O)c2c(ncn2CC(O)C(C)O)n(CCC)c1=O. The lowest BCUT2D eigenvalue weighted by Crippen LogP contribution is -2.41. The Balaban J connectivity index is 2.70. The lowest BCUT2D eigenvalue weighted by atomic mass is 10.2. The zero-order valence-electron chi connectivity index (χ0n) is 13.8. The zero-order chi connectivity index (χ0) is 17.1. The van der Waals surface area contributed by atoms with Crippen molar-refractivity contribution in [1.82, 2.24) is 18.7 Å². The van der Waals surface area contributed by atoms with Gasteiger partial charge in [-0.3, -0.25) is 13.9 Å². The third kappa shape index (κ3) is 3.23. The lowest BCUT2D eigenvalue weighted by Gasteiger charge is -2.15. The second-order valence-corrected chi connectivity index (χ2v) is 5.77. The molecule has 8 nitrogen and oxygen atoms in total. The van der Waals surface area contributed by atoms with E-state index >= 15 is 0 Å². The molecule has 0 spiro atoms. The smallest absolute Gasteiger partial charge is 0.332 e. The van der Waals surface area contributed by atoms with Gasteiger partial charge in [-0.2, -0.15) is 0 Å². The third-order valence-corrected chi connectivity index (χ3v) is 3.82. The number of aliphatic hydroxyl groups is 2. The first-order chi connectivity index (χ1) is 10.9. The van der Waals surface area contributed by atoms with Crippen molar-refractivity contribution in [3.05, 3.63) is 27.2 Å². The fraction of sp³-hybridized carbons (Fsp3) is 0.667. The Bertz CT molecular complexity index is 787. The van der Waals surface area contributed by atoms with Crippen molar-refractivity contribution in [3.63, 3.8) is 0 Å². The van der Waals surface area contributed by atoms with Crippen LogP contribution in [0.2, 0.25) is 0 Å². The van der Waals surface area contributed by atoms with Crippen molar-refractivity contribution in [2.75, 3.05) is 0 Å². The molecular weight excluding hydrogens is 300 g/mol. The van der Waals surface area contributed by atoms with Crippen molar-refractivity contribution in [1.29, 1.82) is 0 Å². The summed E-state index contributed by atoms with van der Waals surface area (Å²) in [5.41, 5.74) is -0.153. The molecule has 0 aromatic carbocycles. The molecule has 2 heterocycles. The van der Waals surface area contributed by atoms with Crippen molar-refractivity contribution in [2.24, 2.45) is 0 Å². The Hall–Kier alpha value is -1.93. The predicted molar refractivity (Wildman–Crippen MR) is 86.5 cm³/mol. The number of aliphatic hydroxyl groups excluding tert-OH is 2. The first kappa shape index (κ1) is 17.4. The Morgan fingerprint density at radius 2 is 1.74 bits per heavy atom. The topological polar surface area (TPSA) is 102 Å². The van der Waals surface area contributed by atoms with E-state index in [2.05, 4.69) is 4.98 Å². The number of aryl methyl sites for hydroxylation is 1. The minimum absolute atomic E-state index is 0.0415. The molecule has 128 valence electrons. The van der Waals surface area contributed by atoms with Crippen molar-refractivity contribution < 1.29 is 10.2 Å². The van der Waals surface area contributed by atoms with E-state index in [-0.39, 0.29) is 17.8 Å². The molecule has 0 aliphatic heterocycles. The minimum Gasteiger partial charge on any atom is -0.391 e. The molecule has 0 saturated heterocycles. The maximum Gasteiger partial charge on any atom is 0.332 e. The molecule has 0 amide bonds. The van der Waals surface area contributed by atoms with Gasteiger partial charge < -0.3 is 14.8 Å². The van der Waals surface area contributed by atoms with E-state index in [1.165, 1.54) is 27.0 Å². The van der Waals surface area contributed by atoms with Gasteiger partial charge in [0.1, 0.15) is 0 Å². The second kappa shape index (κ2) is 7.10. The van der Waals surface area contributed by atoms with Crippen LogP contribution in [0.15, 0.2) is 15.9 Å². The molecule has 0 fully saturated rings. The fourth-order valence-electron chi connectivity index (χ4n) is 2.58. The molecule has 0 bridgehead atoms. The van der Waals surface area contributed by atoms with Crippen LogP contribution in [-0.2, 0) is 19.6 Å². The molecule has 0 aliphatic rings. The molecule has 0 aliphatic carbocycles. The number of fused-ring (bicyclic) bond motifs is 1. The molecule has 0 radical (unpaired) electrons. The van der Waals surface area contributed by atoms with Crippen molar-refractivity contribution in [3.8, 4) is 0 Å². The van der Waals surface area contributed by atoms with Gasteiger partial charge in [0.25, 0.3) is 5.56 Å². The Labute approximate surface area is 133 Å². The molecule has 2 aromatic rings. The van der Waals surface area contributed by atoms with Crippen LogP contribution >= 0.6 is 0 Å². The van der Waals surface area contributed by atoms with E-state index in [0.29, 0.717) is 25.2 Å². The highest BCUT2D eigenvalue weighted by Gasteiger charge is 2.20. The van der Waals surface area contributed by atoms with Crippen LogP contribution in [0.1, 0.15) is 33.6 Å². The van der Waals surface area contributed by atoms with Gasteiger partial charge in [0, 0.05) is 13.1 Å². The molecule has 23 heavy (non-hydrogen) atoms. The van der Waals surface area contributed by atoms with Crippen LogP contribution in [0, 0.1) is 0 Å². The van der Waals surface area contributed by atoms with Gasteiger partial charge in [-0.25, -0.2) is 9.78 Å². The fourth-order valence-corrected chi connectivity index (χ4v) is 2.58. The van der Waals surface area contributed by atoms with Gasteiger partial charge in [0.15, 0.2) is 11.2 Å². The summed E-state index contributed by atoms with van der Waals surface area (Å²) in [7, 11) is 0. The predicted octanol–water partition coefficient (Wildman–Crippen LogP) is -0.0786. The summed E-state index contributed by atoms with van der Waals surface area (Å²) in [5, 5.41) is 19.3. The quantitative estimate of drug-likeness (QED) is 0.742. The number of hydrogen-bond acceptors (Lipinski definition) is 5. The van der Waals surface area contributed by atoms with Crippen molar-refractivity contribution >= 4 is 11.2 Å². The molecule has 8 heteroatoms. The molecule has 2 N–H and O–H groups in total. The largest absolute Gasteiger partial charge is 0.391 e. The molecule has 2 aromatic heterocycles. The van der Waals surface area contributed by atoms with E-state index in [1.807, 2.05) is 13.8 Å². The minimum atomic E-state index is -1.02. The summed E-state index contributed by atoms with van der Waals surface area (Å²) in [6, 6.07) is 0. The van der Waals surface area contributed by atoms with E-state index < -0.39 is 17.8 Å². The molecular formula is C15H24N4O4. The highest BCUT2D eigenvalue weighted by Crippen LogP contribution is 2.09. The monoisotopic (exact) mass is 324 g/mol. The lowest BCUT2D eigenvalue weighted by molar-refractivity contribution is 0.0214. The van der Waals surface area contributed by atoms with Crippen molar-refractivity contribution in [2.45, 2.75) is 65.5 Å². The number of aromatic nitrogens is 4. The van der Waals surface area contributed by atoms with Gasteiger partial charge in [-0.05, 0) is 19.8 Å². The van der Waals surface area contributed by atoms with Gasteiger partial charge in [-0.1, -0.05) is 13.8 Å². The molecule has 2 rings (SSSR count). The first-order valence-electron chi connectivity index (χ1n) is 7.96. The van der Waals surface area contributed by atoms with Crippen LogP contribution in [0.4, 0.5) is 0 Å². The summed E-state index contributed by atoms with van der Waals surface area (Å²) in [6.45, 7) is 6.17. The van der Waals surface area contributed by atoms with E-state index in [0.717, 1.165) is 6.42 Å². The van der Waals surface area contributed by atoms with E-state index in [9.17, 15) is 19.8 Å². The van der Waals surface area contributed by atoms with E-state index in [1.54, 1.807) is 0 Å². The maximum absolute atomic E-state index is 12.7. The maximum atomic E-state index is 12.7. The number of hydrogen-bond donors (Lipinski definition) is 2. The third-order valence-electron chi connectivity index (χ3n) is 3.82. The first-order valence-corrected chi connectivity index (χ1v) is 7.96. The van der Waals surface area contributed by atoms with Gasteiger partial charge >= 0.3 is 5.69 Å². The number of rotatable bonds is 7. The Morgan fingerprint density at radius 1 is 1.13 bits per heavy atom. The summed E-state index contributed by atoms with van der Waals surface area (Å²) in [4.78, 5) is 29.4. The van der Waals surface area contributed by atoms with Crippen LogP contribution in [-0.4, -0.2) is 41.1 Å². The van der Waals surface area contributed by atoms with Gasteiger partial charge in [0.05, 0.1) is 25.1 Å². The summed E-state index contributed by atoms with van der Waals surface area (Å²) in [5.74, 6) is 0. The van der Waals surface area contributed by atoms with E-state index in [4.69, 9.17) is 0 Å². The summed E-state index contributed by atoms with van der Waals surface area (Å²) in [6.07, 6.45) is 0.893. The number of nitrogens with zero attached hydrogens (tertiary/aromatic N) is 4. The molecule has 2 atom stereocenters. The zero-order valence-corrected chi connectivity index (χ0v) is 13.8. The summed E-state index contributed by atoms with van der Waals surface area (Å²) < 4.78 is 4.22. The Morgan fingerprint density at radius 3 is 2.30 bits per heavy atom. The molecule has 0 saturated carbocycles. The van der Waals surface area contributed by atoms with Crippen LogP contribution in [0.25, 0.3) is 11.2 Å². The normalized spacial score (nSPS) is 14.3. The summed E-state index contributed by atoms with van der Waals surface area (Å²) >= 11 is 0. The van der Waals surface area contributed by atoms with Crippen LogP contribution in [0.3, 0.4) is 0 Å². The Kier molecular flexibility index (Phi) is 5.38. The highest BCUT2D eigenvalue weighted by molar-refractivity contribution is 5.70.